The summed E-state index contributed by atoms with van der Waals surface area (Å²) in [6, 6.07) is 6.82. The van der Waals surface area contributed by atoms with E-state index in [0.717, 1.165) is 55.1 Å². The number of nitrogens with zero attached hydrogens (tertiary/aromatic N) is 4. The van der Waals surface area contributed by atoms with Crippen molar-refractivity contribution in [1.82, 2.24) is 30.4 Å². The van der Waals surface area contributed by atoms with Crippen molar-refractivity contribution in [2.45, 2.75) is 76.0 Å². The first-order valence-corrected chi connectivity index (χ1v) is 16.0. The van der Waals surface area contributed by atoms with E-state index in [-0.39, 0.29) is 41.2 Å². The summed E-state index contributed by atoms with van der Waals surface area (Å²) in [5.74, 6) is 0.462. The standard InChI is InChI=1S/C34H39F3N8O3/c1-19-14-28(46)42-23-7-5-8-24(17-23)45-31-21(6-3-4-12-39-19)18-41-32(38)29(31)30(44-45)20-9-10-25(26(15-20)48-2)33(47)43-27-16-22(11-13-40-27)34(35,36)37/h3,6,9-11,13,15-16,18-19,23-24,33,39,47H,4-5,7-8,12,14,17H2,1-2H3,(H2,38,41)(H,40,43)(H,42,46)/b6-3+/t19-,23-,24-,33?/m1/s1. The summed E-state index contributed by atoms with van der Waals surface area (Å²) in [6.45, 7) is 2.73. The average molecular weight is 665 g/mol. The number of hydrogen-bond donors (Lipinski definition) is 5. The molecular weight excluding hydrogens is 625 g/mol. The number of rotatable bonds is 5. The van der Waals surface area contributed by atoms with Gasteiger partial charge < -0.3 is 31.5 Å². The number of pyridine rings is 2. The van der Waals surface area contributed by atoms with Crippen LogP contribution >= 0.6 is 0 Å². The monoisotopic (exact) mass is 664 g/mol. The Labute approximate surface area is 275 Å². The lowest BCUT2D eigenvalue weighted by molar-refractivity contribution is -0.137. The van der Waals surface area contributed by atoms with Crippen LogP contribution in [0.5, 0.6) is 5.75 Å². The third kappa shape index (κ3) is 7.09. The van der Waals surface area contributed by atoms with E-state index in [9.17, 15) is 23.1 Å². The number of benzene rings is 1. The maximum Gasteiger partial charge on any atom is 0.416 e. The quantitative estimate of drug-likeness (QED) is 0.172. The zero-order chi connectivity index (χ0) is 34.0. The van der Waals surface area contributed by atoms with Crippen LogP contribution in [-0.2, 0) is 11.0 Å². The molecule has 1 fully saturated rings. The van der Waals surface area contributed by atoms with E-state index in [1.807, 2.05) is 17.7 Å². The van der Waals surface area contributed by atoms with Crippen LogP contribution in [0.25, 0.3) is 28.2 Å². The molecule has 6 N–H and O–H groups in total. The Balaban J connectivity index is 1.40. The molecule has 1 aromatic carbocycles. The molecule has 1 aliphatic carbocycles. The second kappa shape index (κ2) is 13.8. The van der Waals surface area contributed by atoms with Gasteiger partial charge in [-0.2, -0.15) is 18.3 Å². The Morgan fingerprint density at radius 3 is 2.81 bits per heavy atom. The van der Waals surface area contributed by atoms with Crippen molar-refractivity contribution in [3.05, 3.63) is 65.5 Å². The molecule has 1 amide bonds. The van der Waals surface area contributed by atoms with Crippen molar-refractivity contribution >= 4 is 34.5 Å². The zero-order valence-corrected chi connectivity index (χ0v) is 26.7. The Kier molecular flexibility index (Phi) is 9.56. The average Bonchev–Trinajstić information content (AvgIpc) is 3.46. The number of alkyl halides is 3. The molecule has 4 atom stereocenters. The smallest absolute Gasteiger partial charge is 0.416 e. The molecule has 4 aromatic rings. The van der Waals surface area contributed by atoms with E-state index in [4.69, 9.17) is 15.6 Å². The molecule has 0 radical (unpaired) electrons. The van der Waals surface area contributed by atoms with E-state index in [1.54, 1.807) is 24.4 Å². The highest BCUT2D eigenvalue weighted by atomic mass is 19.4. The molecule has 0 spiro atoms. The van der Waals surface area contributed by atoms with E-state index < -0.39 is 18.0 Å². The molecule has 2 aliphatic rings. The third-order valence-electron chi connectivity index (χ3n) is 8.91. The summed E-state index contributed by atoms with van der Waals surface area (Å²) < 4.78 is 47.3. The fourth-order valence-corrected chi connectivity index (χ4v) is 6.57. The molecular formula is C34H39F3N8O3. The van der Waals surface area contributed by atoms with E-state index >= 15 is 0 Å². The first kappa shape index (κ1) is 33.2. The predicted molar refractivity (Wildman–Crippen MR) is 177 cm³/mol. The van der Waals surface area contributed by atoms with Gasteiger partial charge in [0.25, 0.3) is 0 Å². The Bertz CT molecular complexity index is 1830. The van der Waals surface area contributed by atoms with Crippen LogP contribution < -0.4 is 26.4 Å². The molecule has 254 valence electrons. The topological polar surface area (TPSA) is 152 Å². The number of aromatic nitrogens is 4. The number of nitrogens with two attached hydrogens (primary N) is 1. The minimum atomic E-state index is -4.56. The van der Waals surface area contributed by atoms with Crippen molar-refractivity contribution < 1.29 is 27.8 Å². The minimum absolute atomic E-state index is 0.00846. The highest BCUT2D eigenvalue weighted by Gasteiger charge is 2.32. The highest BCUT2D eigenvalue weighted by molar-refractivity contribution is 6.03. The number of aliphatic hydroxyl groups excluding tert-OH is 1. The van der Waals surface area contributed by atoms with Gasteiger partial charge in [-0.25, -0.2) is 9.97 Å². The second-order valence-electron chi connectivity index (χ2n) is 12.4. The number of anilines is 2. The normalized spacial score (nSPS) is 21.9. The van der Waals surface area contributed by atoms with Gasteiger partial charge in [0.15, 0.2) is 6.23 Å². The Morgan fingerprint density at radius 2 is 2.02 bits per heavy atom. The summed E-state index contributed by atoms with van der Waals surface area (Å²) in [7, 11) is 1.44. The van der Waals surface area contributed by atoms with Crippen molar-refractivity contribution in [3.63, 3.8) is 0 Å². The molecule has 48 heavy (non-hydrogen) atoms. The first-order chi connectivity index (χ1) is 23.0. The van der Waals surface area contributed by atoms with Gasteiger partial charge in [0, 0.05) is 47.6 Å². The number of methoxy groups -OCH3 is 1. The maximum atomic E-state index is 13.2. The molecule has 3 aromatic heterocycles. The summed E-state index contributed by atoms with van der Waals surface area (Å²) in [4.78, 5) is 21.3. The molecule has 14 heteroatoms. The van der Waals surface area contributed by atoms with Crippen molar-refractivity contribution in [3.8, 4) is 17.0 Å². The van der Waals surface area contributed by atoms with Crippen LogP contribution in [0.1, 0.15) is 74.4 Å². The van der Waals surface area contributed by atoms with Gasteiger partial charge in [-0.3, -0.25) is 9.48 Å². The molecule has 0 saturated heterocycles. The molecule has 6 rings (SSSR count). The summed E-state index contributed by atoms with van der Waals surface area (Å²) in [5, 5.41) is 26.1. The number of carbonyl (C=O) groups is 1. The number of aliphatic hydroxyl groups is 1. The molecule has 2 bridgehead atoms. The van der Waals surface area contributed by atoms with Crippen LogP contribution in [0.3, 0.4) is 0 Å². The van der Waals surface area contributed by atoms with Crippen LogP contribution in [-0.4, -0.2) is 56.5 Å². The minimum Gasteiger partial charge on any atom is -0.496 e. The lowest BCUT2D eigenvalue weighted by atomic mass is 9.90. The lowest BCUT2D eigenvalue weighted by Gasteiger charge is -2.31. The Hall–Kier alpha value is -4.69. The molecule has 4 heterocycles. The SMILES string of the molecule is COc1cc(-c2nn3c4c(cnc(N)c24)/C=C/CCN[C@H](C)CC(=O)N[C@@H]2CCC[C@@H]3C2)ccc1C(O)Nc1cc(C(F)(F)F)ccn1. The fraction of sp³-hybridized carbons (Fsp3) is 0.412. The van der Waals surface area contributed by atoms with Crippen molar-refractivity contribution in [2.24, 2.45) is 0 Å². The number of amides is 1. The molecule has 1 aliphatic heterocycles. The van der Waals surface area contributed by atoms with E-state index in [0.29, 0.717) is 41.8 Å². The van der Waals surface area contributed by atoms with Gasteiger partial charge >= 0.3 is 6.18 Å². The van der Waals surface area contributed by atoms with Crippen LogP contribution in [0.4, 0.5) is 24.8 Å². The number of halogens is 3. The van der Waals surface area contributed by atoms with Gasteiger partial charge in [-0.05, 0) is 63.8 Å². The van der Waals surface area contributed by atoms with Crippen molar-refractivity contribution in [1.29, 1.82) is 0 Å². The van der Waals surface area contributed by atoms with Gasteiger partial charge in [-0.1, -0.05) is 24.3 Å². The van der Waals surface area contributed by atoms with E-state index in [2.05, 4.69) is 32.0 Å². The zero-order valence-electron chi connectivity index (χ0n) is 26.7. The summed E-state index contributed by atoms with van der Waals surface area (Å²) >= 11 is 0. The van der Waals surface area contributed by atoms with Gasteiger partial charge in [0.1, 0.15) is 23.1 Å². The number of ether oxygens (including phenoxy) is 1. The number of nitrogens with one attached hydrogen (secondary N) is 3. The largest absolute Gasteiger partial charge is 0.496 e. The fourth-order valence-electron chi connectivity index (χ4n) is 6.57. The van der Waals surface area contributed by atoms with Crippen LogP contribution in [0.15, 0.2) is 48.8 Å². The van der Waals surface area contributed by atoms with Gasteiger partial charge in [0.05, 0.1) is 29.6 Å². The first-order valence-electron chi connectivity index (χ1n) is 16.0. The van der Waals surface area contributed by atoms with Crippen LogP contribution in [0.2, 0.25) is 0 Å². The lowest BCUT2D eigenvalue weighted by Crippen LogP contribution is -2.41. The van der Waals surface area contributed by atoms with Gasteiger partial charge in [-0.15, -0.1) is 0 Å². The van der Waals surface area contributed by atoms with Gasteiger partial charge in [0.2, 0.25) is 5.91 Å². The van der Waals surface area contributed by atoms with Crippen LogP contribution in [0, 0.1) is 0 Å². The molecule has 1 unspecified atom stereocenters. The number of fused-ring (bicyclic) bond motifs is 3. The number of hydrogen-bond acceptors (Lipinski definition) is 9. The molecule has 11 nitrogen and oxygen atoms in total. The molecule has 1 saturated carbocycles. The maximum absolute atomic E-state index is 13.2. The number of nitrogen functional groups attached to an aromatic ring is 1. The highest BCUT2D eigenvalue weighted by Crippen LogP contribution is 2.41. The third-order valence-corrected chi connectivity index (χ3v) is 8.91. The number of carbonyl (C=O) groups excluding carboxylic acids is 1. The predicted octanol–water partition coefficient (Wildman–Crippen LogP) is 5.59. The second-order valence-corrected chi connectivity index (χ2v) is 12.4. The van der Waals surface area contributed by atoms with E-state index in [1.165, 1.54) is 7.11 Å². The summed E-state index contributed by atoms with van der Waals surface area (Å²) in [5.41, 5.74) is 8.86. The van der Waals surface area contributed by atoms with Crippen molar-refractivity contribution in [2.75, 3.05) is 24.7 Å². The Morgan fingerprint density at radius 1 is 1.19 bits per heavy atom. The summed E-state index contributed by atoms with van der Waals surface area (Å²) in [6.07, 6.45) is 5.41.